The predicted octanol–water partition coefficient (Wildman–Crippen LogP) is 4.78. The topological polar surface area (TPSA) is 26.3 Å². The summed E-state index contributed by atoms with van der Waals surface area (Å²) in [4.78, 5) is 11.8. The van der Waals surface area contributed by atoms with E-state index < -0.39 is 0 Å². The highest BCUT2D eigenvalue weighted by Gasteiger charge is 2.18. The lowest BCUT2D eigenvalue weighted by molar-refractivity contribution is -0.128. The molecule has 0 amide bonds. The summed E-state index contributed by atoms with van der Waals surface area (Å²) in [5.41, 5.74) is 2.26. The van der Waals surface area contributed by atoms with Crippen LogP contribution in [0.2, 0.25) is 0 Å². The van der Waals surface area contributed by atoms with E-state index in [1.54, 1.807) is 6.08 Å². The molecule has 1 heterocycles. The van der Waals surface area contributed by atoms with E-state index in [0.717, 1.165) is 5.56 Å². The Labute approximate surface area is 139 Å². The fourth-order valence-corrected chi connectivity index (χ4v) is 4.98. The Morgan fingerprint density at radius 2 is 1.68 bits per heavy atom. The number of hydrogen-bond acceptors (Lipinski definition) is 4. The molecule has 0 unspecified atom stereocenters. The van der Waals surface area contributed by atoms with Crippen LogP contribution in [0.1, 0.15) is 15.7 Å². The molecule has 2 nitrogen and oxygen atoms in total. The van der Waals surface area contributed by atoms with Crippen LogP contribution in [0.15, 0.2) is 60.7 Å². The van der Waals surface area contributed by atoms with E-state index >= 15 is 0 Å². The molecule has 3 rings (SSSR count). The van der Waals surface area contributed by atoms with E-state index in [-0.39, 0.29) is 5.97 Å². The van der Waals surface area contributed by atoms with Gasteiger partial charge in [0.25, 0.3) is 0 Å². The van der Waals surface area contributed by atoms with Gasteiger partial charge in [-0.15, -0.1) is 23.5 Å². The third kappa shape index (κ3) is 4.18. The van der Waals surface area contributed by atoms with Crippen molar-refractivity contribution in [3.8, 4) is 5.75 Å². The molecule has 0 spiro atoms. The monoisotopic (exact) mass is 328 g/mol. The van der Waals surface area contributed by atoms with Crippen LogP contribution in [-0.2, 0) is 4.79 Å². The first kappa shape index (κ1) is 15.3. The van der Waals surface area contributed by atoms with Gasteiger partial charge in [-0.25, -0.2) is 4.79 Å². The van der Waals surface area contributed by atoms with E-state index in [2.05, 4.69) is 0 Å². The first-order valence-electron chi connectivity index (χ1n) is 7.09. The number of thioether (sulfide) groups is 2. The quantitative estimate of drug-likeness (QED) is 0.458. The van der Waals surface area contributed by atoms with Crippen molar-refractivity contribution in [1.29, 1.82) is 0 Å². The molecular formula is C18H16O2S2. The standard InChI is InChI=1S/C18H16O2S2/c19-17(11-6-14-4-2-1-3-5-14)20-16-9-7-15(8-10-16)18-21-12-13-22-18/h1-11,18H,12-13H2. The Morgan fingerprint density at radius 1 is 1.00 bits per heavy atom. The number of carbonyl (C=O) groups excluding carboxylic acids is 1. The van der Waals surface area contributed by atoms with Crippen LogP contribution in [0.4, 0.5) is 0 Å². The number of rotatable bonds is 4. The molecule has 1 fully saturated rings. The summed E-state index contributed by atoms with van der Waals surface area (Å²) in [6, 6.07) is 17.5. The van der Waals surface area contributed by atoms with Crippen molar-refractivity contribution in [2.24, 2.45) is 0 Å². The van der Waals surface area contributed by atoms with Crippen molar-refractivity contribution in [3.05, 3.63) is 71.8 Å². The van der Waals surface area contributed by atoms with Gasteiger partial charge in [0.05, 0.1) is 4.58 Å². The fraction of sp³-hybridized carbons (Fsp3) is 0.167. The largest absolute Gasteiger partial charge is 0.423 e. The van der Waals surface area contributed by atoms with Gasteiger partial charge in [0.15, 0.2) is 0 Å². The lowest BCUT2D eigenvalue weighted by Gasteiger charge is -2.08. The van der Waals surface area contributed by atoms with Gasteiger partial charge in [-0.05, 0) is 29.3 Å². The summed E-state index contributed by atoms with van der Waals surface area (Å²) >= 11 is 3.93. The zero-order chi connectivity index (χ0) is 15.2. The summed E-state index contributed by atoms with van der Waals surface area (Å²) in [6.07, 6.45) is 3.20. The summed E-state index contributed by atoms with van der Waals surface area (Å²) in [5.74, 6) is 2.63. The van der Waals surface area contributed by atoms with Crippen LogP contribution < -0.4 is 4.74 Å². The van der Waals surface area contributed by atoms with E-state index in [1.165, 1.54) is 23.1 Å². The van der Waals surface area contributed by atoms with E-state index in [1.807, 2.05) is 78.1 Å². The molecular weight excluding hydrogens is 312 g/mol. The number of esters is 1. The first-order valence-corrected chi connectivity index (χ1v) is 9.19. The Kier molecular flexibility index (Phi) is 5.24. The lowest BCUT2D eigenvalue weighted by Crippen LogP contribution is -2.03. The number of carbonyl (C=O) groups is 1. The maximum absolute atomic E-state index is 11.8. The van der Waals surface area contributed by atoms with Gasteiger partial charge in [-0.1, -0.05) is 42.5 Å². The lowest BCUT2D eigenvalue weighted by atomic mass is 10.2. The van der Waals surface area contributed by atoms with Crippen LogP contribution in [0, 0.1) is 0 Å². The molecule has 0 radical (unpaired) electrons. The Balaban J connectivity index is 1.58. The highest BCUT2D eigenvalue weighted by Crippen LogP contribution is 2.45. The summed E-state index contributed by atoms with van der Waals surface area (Å²) in [5, 5.41) is 0. The van der Waals surface area contributed by atoms with Crippen molar-refractivity contribution >= 4 is 35.6 Å². The van der Waals surface area contributed by atoms with Gasteiger partial charge < -0.3 is 4.74 Å². The van der Waals surface area contributed by atoms with Gasteiger partial charge in [0.2, 0.25) is 0 Å². The minimum Gasteiger partial charge on any atom is -0.423 e. The van der Waals surface area contributed by atoms with Gasteiger partial charge in [-0.3, -0.25) is 0 Å². The molecule has 2 aromatic rings. The zero-order valence-corrected chi connectivity index (χ0v) is 13.6. The van der Waals surface area contributed by atoms with Crippen molar-refractivity contribution in [1.82, 2.24) is 0 Å². The normalized spacial score (nSPS) is 15.3. The molecule has 0 N–H and O–H groups in total. The molecule has 0 aromatic heterocycles. The second-order valence-electron chi connectivity index (χ2n) is 4.81. The van der Waals surface area contributed by atoms with E-state index in [0.29, 0.717) is 10.3 Å². The van der Waals surface area contributed by atoms with Gasteiger partial charge >= 0.3 is 5.97 Å². The van der Waals surface area contributed by atoms with Crippen LogP contribution in [-0.4, -0.2) is 17.5 Å². The molecule has 22 heavy (non-hydrogen) atoms. The van der Waals surface area contributed by atoms with Crippen molar-refractivity contribution in [2.75, 3.05) is 11.5 Å². The average Bonchev–Trinajstić information content (AvgIpc) is 3.09. The van der Waals surface area contributed by atoms with Gasteiger partial charge in [0.1, 0.15) is 5.75 Å². The second kappa shape index (κ2) is 7.56. The molecule has 0 bridgehead atoms. The smallest absolute Gasteiger partial charge is 0.336 e. The van der Waals surface area contributed by atoms with Crippen LogP contribution >= 0.6 is 23.5 Å². The molecule has 1 saturated heterocycles. The SMILES string of the molecule is O=C(C=Cc1ccccc1)Oc1ccc(C2SCCS2)cc1. The summed E-state index contributed by atoms with van der Waals surface area (Å²) in [7, 11) is 0. The van der Waals surface area contributed by atoms with E-state index in [9.17, 15) is 4.79 Å². The summed E-state index contributed by atoms with van der Waals surface area (Å²) < 4.78 is 5.83. The van der Waals surface area contributed by atoms with Gasteiger partial charge in [-0.2, -0.15) is 0 Å². The molecule has 1 aliphatic heterocycles. The maximum atomic E-state index is 11.8. The molecule has 4 heteroatoms. The zero-order valence-electron chi connectivity index (χ0n) is 12.0. The van der Waals surface area contributed by atoms with Crippen molar-refractivity contribution < 1.29 is 9.53 Å². The molecule has 112 valence electrons. The summed E-state index contributed by atoms with van der Waals surface area (Å²) in [6.45, 7) is 0. The second-order valence-corrected chi connectivity index (χ2v) is 7.53. The van der Waals surface area contributed by atoms with Crippen LogP contribution in [0.3, 0.4) is 0 Å². The van der Waals surface area contributed by atoms with E-state index in [4.69, 9.17) is 4.74 Å². The Bertz CT molecular complexity index is 645. The molecule has 1 aliphatic rings. The highest BCUT2D eigenvalue weighted by atomic mass is 32.2. The molecule has 2 aromatic carbocycles. The number of benzene rings is 2. The average molecular weight is 328 g/mol. The van der Waals surface area contributed by atoms with Crippen molar-refractivity contribution in [2.45, 2.75) is 4.58 Å². The highest BCUT2D eigenvalue weighted by molar-refractivity contribution is 8.19. The fourth-order valence-electron chi connectivity index (χ4n) is 2.12. The minimum absolute atomic E-state index is 0.360. The predicted molar refractivity (Wildman–Crippen MR) is 95.2 cm³/mol. The van der Waals surface area contributed by atoms with Crippen LogP contribution in [0.5, 0.6) is 5.75 Å². The third-order valence-electron chi connectivity index (χ3n) is 3.20. The number of ether oxygens (including phenoxy) is 1. The third-order valence-corrected chi connectivity index (χ3v) is 6.31. The number of hydrogen-bond donors (Lipinski definition) is 0. The Hall–Kier alpha value is -1.65. The van der Waals surface area contributed by atoms with Crippen molar-refractivity contribution in [3.63, 3.8) is 0 Å². The van der Waals surface area contributed by atoms with Crippen LogP contribution in [0.25, 0.3) is 6.08 Å². The first-order chi connectivity index (χ1) is 10.8. The minimum atomic E-state index is -0.360. The Morgan fingerprint density at radius 3 is 2.36 bits per heavy atom. The molecule has 0 atom stereocenters. The molecule has 0 saturated carbocycles. The maximum Gasteiger partial charge on any atom is 0.336 e. The van der Waals surface area contributed by atoms with Gasteiger partial charge in [0, 0.05) is 17.6 Å². The molecule has 0 aliphatic carbocycles.